The van der Waals surface area contributed by atoms with Gasteiger partial charge in [0.2, 0.25) is 11.8 Å². The summed E-state index contributed by atoms with van der Waals surface area (Å²) in [4.78, 5) is 29.7. The summed E-state index contributed by atoms with van der Waals surface area (Å²) in [5, 5.41) is 0. The number of fused-ring (bicyclic) bond motifs is 1. The third-order valence-electron chi connectivity index (χ3n) is 5.37. The van der Waals surface area contributed by atoms with Crippen molar-refractivity contribution in [3.8, 4) is 0 Å². The molecule has 2 aliphatic heterocycles. The Balaban J connectivity index is 0.00000243. The lowest BCUT2D eigenvalue weighted by Gasteiger charge is -2.38. The highest BCUT2D eigenvalue weighted by Crippen LogP contribution is 2.27. The molecule has 1 aromatic carbocycles. The SMILES string of the molecule is CC(C)CC(=O)N1Cc2ccccc2CC1C(=O)N1CCC(CN)C1.Cl. The zero-order valence-electron chi connectivity index (χ0n) is 15.7. The number of carbonyl (C=O) groups is 2. The molecule has 26 heavy (non-hydrogen) atoms. The molecule has 0 aromatic heterocycles. The Kier molecular flexibility index (Phi) is 7.07. The van der Waals surface area contributed by atoms with Crippen LogP contribution in [0.5, 0.6) is 0 Å². The molecule has 0 radical (unpaired) electrons. The lowest BCUT2D eigenvalue weighted by molar-refractivity contribution is -0.147. The Hall–Kier alpha value is -1.59. The van der Waals surface area contributed by atoms with E-state index in [1.807, 2.05) is 30.9 Å². The van der Waals surface area contributed by atoms with Crippen LogP contribution in [-0.4, -0.2) is 47.3 Å². The van der Waals surface area contributed by atoms with E-state index in [0.29, 0.717) is 31.8 Å². The summed E-state index contributed by atoms with van der Waals surface area (Å²) in [6, 6.07) is 7.76. The summed E-state index contributed by atoms with van der Waals surface area (Å²) in [5.41, 5.74) is 8.11. The molecule has 2 N–H and O–H groups in total. The Labute approximate surface area is 162 Å². The van der Waals surface area contributed by atoms with E-state index in [1.165, 1.54) is 5.56 Å². The summed E-state index contributed by atoms with van der Waals surface area (Å²) in [6.07, 6.45) is 2.06. The van der Waals surface area contributed by atoms with Crippen LogP contribution in [0.25, 0.3) is 0 Å². The average Bonchev–Trinajstić information content (AvgIpc) is 3.08. The Morgan fingerprint density at radius 3 is 2.54 bits per heavy atom. The molecule has 2 amide bonds. The van der Waals surface area contributed by atoms with Crippen molar-refractivity contribution in [2.45, 2.75) is 45.7 Å². The van der Waals surface area contributed by atoms with Crippen LogP contribution in [0.15, 0.2) is 24.3 Å². The first-order chi connectivity index (χ1) is 12.0. The number of nitrogens with zero attached hydrogens (tertiary/aromatic N) is 2. The molecule has 0 aliphatic carbocycles. The quantitative estimate of drug-likeness (QED) is 0.872. The normalized spacial score (nSPS) is 22.2. The average molecular weight is 380 g/mol. The van der Waals surface area contributed by atoms with Crippen molar-refractivity contribution < 1.29 is 9.59 Å². The first-order valence-corrected chi connectivity index (χ1v) is 9.34. The number of halogens is 1. The van der Waals surface area contributed by atoms with Crippen molar-refractivity contribution in [1.82, 2.24) is 9.80 Å². The summed E-state index contributed by atoms with van der Waals surface area (Å²) in [6.45, 7) is 6.71. The first-order valence-electron chi connectivity index (χ1n) is 9.34. The van der Waals surface area contributed by atoms with Gasteiger partial charge in [-0.25, -0.2) is 0 Å². The lowest BCUT2D eigenvalue weighted by Crippen LogP contribution is -2.53. The molecule has 2 atom stereocenters. The topological polar surface area (TPSA) is 66.6 Å². The second-order valence-corrected chi connectivity index (χ2v) is 7.78. The monoisotopic (exact) mass is 379 g/mol. The van der Waals surface area contributed by atoms with E-state index >= 15 is 0 Å². The van der Waals surface area contributed by atoms with E-state index in [0.717, 1.165) is 25.1 Å². The molecule has 5 nitrogen and oxygen atoms in total. The maximum atomic E-state index is 13.2. The third-order valence-corrected chi connectivity index (χ3v) is 5.37. The van der Waals surface area contributed by atoms with Gasteiger partial charge in [0.1, 0.15) is 6.04 Å². The highest BCUT2D eigenvalue weighted by atomic mass is 35.5. The van der Waals surface area contributed by atoms with Crippen LogP contribution in [0, 0.1) is 11.8 Å². The van der Waals surface area contributed by atoms with Crippen LogP contribution in [0.3, 0.4) is 0 Å². The summed E-state index contributed by atoms with van der Waals surface area (Å²) in [5.74, 6) is 0.841. The van der Waals surface area contributed by atoms with E-state index in [2.05, 4.69) is 12.1 Å². The van der Waals surface area contributed by atoms with Gasteiger partial charge in [0, 0.05) is 32.5 Å². The van der Waals surface area contributed by atoms with Crippen LogP contribution in [0.4, 0.5) is 0 Å². The summed E-state index contributed by atoms with van der Waals surface area (Å²) in [7, 11) is 0. The molecule has 3 rings (SSSR count). The van der Waals surface area contributed by atoms with E-state index < -0.39 is 0 Å². The molecule has 1 fully saturated rings. The van der Waals surface area contributed by atoms with Gasteiger partial charge in [-0.05, 0) is 35.9 Å². The fourth-order valence-corrected chi connectivity index (χ4v) is 3.91. The standard InChI is InChI=1S/C20H29N3O2.ClH/c1-14(2)9-19(24)23-13-17-6-4-3-5-16(17)10-18(23)20(25)22-8-7-15(11-21)12-22;/h3-6,14-15,18H,7-13,21H2,1-2H3;1H. The van der Waals surface area contributed by atoms with Crippen LogP contribution in [0.1, 0.15) is 37.8 Å². The second-order valence-electron chi connectivity index (χ2n) is 7.78. The van der Waals surface area contributed by atoms with Crippen molar-refractivity contribution in [3.63, 3.8) is 0 Å². The van der Waals surface area contributed by atoms with Crippen molar-refractivity contribution in [2.24, 2.45) is 17.6 Å². The number of benzene rings is 1. The molecular formula is C20H30ClN3O2. The minimum Gasteiger partial charge on any atom is -0.341 e. The number of likely N-dealkylation sites (tertiary alicyclic amines) is 1. The van der Waals surface area contributed by atoms with Gasteiger partial charge in [-0.1, -0.05) is 38.1 Å². The maximum absolute atomic E-state index is 13.2. The Bertz CT molecular complexity index is 650. The molecule has 1 aromatic rings. The van der Waals surface area contributed by atoms with Gasteiger partial charge in [-0.3, -0.25) is 9.59 Å². The maximum Gasteiger partial charge on any atom is 0.245 e. The fraction of sp³-hybridized carbons (Fsp3) is 0.600. The predicted molar refractivity (Wildman–Crippen MR) is 105 cm³/mol. The smallest absolute Gasteiger partial charge is 0.245 e. The first kappa shape index (κ1) is 20.7. The minimum atomic E-state index is -0.377. The summed E-state index contributed by atoms with van der Waals surface area (Å²) < 4.78 is 0. The Morgan fingerprint density at radius 1 is 1.23 bits per heavy atom. The molecule has 2 aliphatic rings. The molecular weight excluding hydrogens is 350 g/mol. The fourth-order valence-electron chi connectivity index (χ4n) is 3.91. The lowest BCUT2D eigenvalue weighted by atomic mass is 9.92. The van der Waals surface area contributed by atoms with Gasteiger partial charge in [-0.2, -0.15) is 0 Å². The van der Waals surface area contributed by atoms with Gasteiger partial charge >= 0.3 is 0 Å². The van der Waals surface area contributed by atoms with Gasteiger partial charge in [0.05, 0.1) is 0 Å². The highest BCUT2D eigenvalue weighted by Gasteiger charge is 2.38. The minimum absolute atomic E-state index is 0. The van der Waals surface area contributed by atoms with E-state index in [-0.39, 0.29) is 36.2 Å². The zero-order chi connectivity index (χ0) is 18.0. The van der Waals surface area contributed by atoms with Crippen LogP contribution >= 0.6 is 12.4 Å². The number of amides is 2. The van der Waals surface area contributed by atoms with Gasteiger partial charge in [0.25, 0.3) is 0 Å². The molecule has 6 heteroatoms. The molecule has 0 saturated carbocycles. The van der Waals surface area contributed by atoms with E-state index in [4.69, 9.17) is 5.73 Å². The van der Waals surface area contributed by atoms with Crippen molar-refractivity contribution in [1.29, 1.82) is 0 Å². The molecule has 2 heterocycles. The Morgan fingerprint density at radius 2 is 1.92 bits per heavy atom. The van der Waals surface area contributed by atoms with Gasteiger partial charge < -0.3 is 15.5 Å². The molecule has 144 valence electrons. The van der Waals surface area contributed by atoms with Crippen LogP contribution in [0.2, 0.25) is 0 Å². The van der Waals surface area contributed by atoms with Crippen molar-refractivity contribution in [3.05, 3.63) is 35.4 Å². The molecule has 0 bridgehead atoms. The van der Waals surface area contributed by atoms with Crippen LogP contribution in [-0.2, 0) is 22.6 Å². The predicted octanol–water partition coefficient (Wildman–Crippen LogP) is 2.22. The molecule has 0 spiro atoms. The number of rotatable bonds is 4. The van der Waals surface area contributed by atoms with E-state index in [1.54, 1.807) is 4.90 Å². The number of hydrogen-bond acceptors (Lipinski definition) is 3. The zero-order valence-corrected chi connectivity index (χ0v) is 16.5. The van der Waals surface area contributed by atoms with Crippen LogP contribution < -0.4 is 5.73 Å². The molecule has 1 saturated heterocycles. The number of hydrogen-bond donors (Lipinski definition) is 1. The third kappa shape index (κ3) is 4.38. The number of carbonyl (C=O) groups excluding carboxylic acids is 2. The van der Waals surface area contributed by atoms with Gasteiger partial charge in [0.15, 0.2) is 0 Å². The van der Waals surface area contributed by atoms with Crippen molar-refractivity contribution in [2.75, 3.05) is 19.6 Å². The van der Waals surface area contributed by atoms with Gasteiger partial charge in [-0.15, -0.1) is 12.4 Å². The number of nitrogens with two attached hydrogens (primary N) is 1. The largest absolute Gasteiger partial charge is 0.341 e. The van der Waals surface area contributed by atoms with E-state index in [9.17, 15) is 9.59 Å². The summed E-state index contributed by atoms with van der Waals surface area (Å²) >= 11 is 0. The highest BCUT2D eigenvalue weighted by molar-refractivity contribution is 5.88. The second kappa shape index (κ2) is 8.87. The van der Waals surface area contributed by atoms with Crippen molar-refractivity contribution >= 4 is 24.2 Å². The molecule has 2 unspecified atom stereocenters.